The second kappa shape index (κ2) is 8.72. The van der Waals surface area contributed by atoms with Crippen LogP contribution in [0, 0.1) is 29.1 Å². The van der Waals surface area contributed by atoms with Crippen molar-refractivity contribution >= 4 is 11.5 Å². The monoisotopic (exact) mass is 457 g/mol. The number of ketones is 1. The second-order valence-corrected chi connectivity index (χ2v) is 11.0. The summed E-state index contributed by atoms with van der Waals surface area (Å²) in [5.74, 6) is 8.67. The molecule has 1 aromatic carbocycles. The first-order chi connectivity index (χ1) is 16.4. The number of rotatable bonds is 4. The van der Waals surface area contributed by atoms with E-state index in [0.29, 0.717) is 30.0 Å². The molecule has 0 radical (unpaired) electrons. The molecule has 0 aromatic heterocycles. The molecule has 2 fully saturated rings. The maximum atomic E-state index is 12.3. The molecule has 0 unspecified atom stereocenters. The topological polar surface area (TPSA) is 29.5 Å². The molecule has 0 bridgehead atoms. The number of fused-ring (bicyclic) bond motifs is 4. The van der Waals surface area contributed by atoms with E-state index >= 15 is 0 Å². The van der Waals surface area contributed by atoms with Crippen LogP contribution in [-0.2, 0) is 9.53 Å². The highest BCUT2D eigenvalue weighted by atomic mass is 16.5. The summed E-state index contributed by atoms with van der Waals surface area (Å²) in [6.07, 6.45) is 10.1. The Balaban J connectivity index is 1.70. The van der Waals surface area contributed by atoms with Crippen molar-refractivity contribution < 1.29 is 9.53 Å². The van der Waals surface area contributed by atoms with Crippen LogP contribution in [-0.4, -0.2) is 32.6 Å². The van der Waals surface area contributed by atoms with Gasteiger partial charge in [-0.3, -0.25) is 4.79 Å². The zero-order valence-electron chi connectivity index (χ0n) is 21.5. The maximum absolute atomic E-state index is 12.3. The van der Waals surface area contributed by atoms with E-state index in [0.717, 1.165) is 38.5 Å². The van der Waals surface area contributed by atoms with Gasteiger partial charge in [0.05, 0.1) is 0 Å². The van der Waals surface area contributed by atoms with Crippen LogP contribution in [0.25, 0.3) is 0 Å². The minimum absolute atomic E-state index is 0.0517. The zero-order valence-corrected chi connectivity index (χ0v) is 21.5. The number of anilines is 1. The van der Waals surface area contributed by atoms with Gasteiger partial charge in [-0.1, -0.05) is 30.6 Å². The van der Waals surface area contributed by atoms with E-state index in [-0.39, 0.29) is 11.0 Å². The van der Waals surface area contributed by atoms with Gasteiger partial charge < -0.3 is 9.64 Å². The average Bonchev–Trinajstić information content (AvgIpc) is 3.18. The van der Waals surface area contributed by atoms with E-state index in [1.54, 1.807) is 5.57 Å². The molecule has 0 heterocycles. The molecular weight excluding hydrogens is 418 g/mol. The smallest absolute Gasteiger partial charge is 0.156 e. The zero-order chi connectivity index (χ0) is 24.1. The molecule has 0 spiro atoms. The van der Waals surface area contributed by atoms with Crippen molar-refractivity contribution in [1.29, 1.82) is 0 Å². The number of methoxy groups -OCH3 is 1. The van der Waals surface area contributed by atoms with Gasteiger partial charge in [-0.05, 0) is 98.6 Å². The lowest BCUT2D eigenvalue weighted by molar-refractivity contribution is -0.114. The van der Waals surface area contributed by atoms with E-state index in [9.17, 15) is 4.79 Å². The van der Waals surface area contributed by atoms with E-state index in [2.05, 4.69) is 62.0 Å². The third-order valence-corrected chi connectivity index (χ3v) is 9.69. The lowest BCUT2D eigenvalue weighted by Gasteiger charge is -2.56. The van der Waals surface area contributed by atoms with Gasteiger partial charge in [-0.15, -0.1) is 5.92 Å². The molecule has 3 nitrogen and oxygen atoms in total. The van der Waals surface area contributed by atoms with Crippen LogP contribution in [0.5, 0.6) is 0 Å². The maximum Gasteiger partial charge on any atom is 0.156 e. The van der Waals surface area contributed by atoms with Crippen molar-refractivity contribution in [3.05, 3.63) is 52.6 Å². The Morgan fingerprint density at radius 2 is 1.88 bits per heavy atom. The first-order valence-corrected chi connectivity index (χ1v) is 13.1. The Morgan fingerprint density at radius 3 is 2.53 bits per heavy atom. The fourth-order valence-corrected chi connectivity index (χ4v) is 8.19. The molecule has 180 valence electrons. The highest BCUT2D eigenvalue weighted by Gasteiger charge is 2.64. The van der Waals surface area contributed by atoms with Crippen molar-refractivity contribution in [2.75, 3.05) is 26.1 Å². The quantitative estimate of drug-likeness (QED) is 0.487. The third kappa shape index (κ3) is 3.33. The summed E-state index contributed by atoms with van der Waals surface area (Å²) in [5.41, 5.74) is 6.81. The van der Waals surface area contributed by atoms with Crippen LogP contribution in [0.2, 0.25) is 0 Å². The highest BCUT2D eigenvalue weighted by molar-refractivity contribution is 5.93. The second-order valence-electron chi connectivity index (χ2n) is 11.0. The normalized spacial score (nSPS) is 34.4. The number of nitrogens with zero attached hydrogens (tertiary/aromatic N) is 1. The molecule has 4 aliphatic rings. The van der Waals surface area contributed by atoms with E-state index < -0.39 is 0 Å². The molecule has 0 saturated heterocycles. The van der Waals surface area contributed by atoms with Crippen molar-refractivity contribution in [2.24, 2.45) is 17.3 Å². The summed E-state index contributed by atoms with van der Waals surface area (Å²) in [4.78, 5) is 14.4. The number of hydrogen-bond acceptors (Lipinski definition) is 3. The molecular formula is C31H39NO2. The van der Waals surface area contributed by atoms with E-state index in [4.69, 9.17) is 4.74 Å². The van der Waals surface area contributed by atoms with Gasteiger partial charge in [-0.2, -0.15) is 0 Å². The Hall–Kier alpha value is -2.31. The number of allylic oxidation sites excluding steroid dienone is 4. The number of carbonyl (C=O) groups excluding carboxylic acids is 1. The molecule has 0 aliphatic heterocycles. The van der Waals surface area contributed by atoms with Crippen LogP contribution in [0.15, 0.2) is 47.1 Å². The summed E-state index contributed by atoms with van der Waals surface area (Å²) in [7, 11) is 6.07. The lowest BCUT2D eigenvalue weighted by atomic mass is 9.49. The van der Waals surface area contributed by atoms with Gasteiger partial charge in [0.1, 0.15) is 5.60 Å². The SMILES string of the molecule is CC#C[C@]1(OC)CC[C@H]2[C@@H]3CCC4=CC(=O)CCC4=C3[C@@H](c3ccc(N(C)C)cc3)C[C@@]21CC. The molecule has 5 atom stereocenters. The number of carbonyl (C=O) groups is 1. The van der Waals surface area contributed by atoms with Crippen molar-refractivity contribution in [2.45, 2.75) is 76.7 Å². The van der Waals surface area contributed by atoms with Crippen LogP contribution < -0.4 is 4.90 Å². The Morgan fingerprint density at radius 1 is 1.12 bits per heavy atom. The fourth-order valence-electron chi connectivity index (χ4n) is 8.19. The summed E-state index contributed by atoms with van der Waals surface area (Å²) in [5, 5.41) is 0. The minimum Gasteiger partial charge on any atom is -0.378 e. The Labute approximate surface area is 205 Å². The minimum atomic E-state index is -0.363. The number of hydrogen-bond donors (Lipinski definition) is 0. The molecule has 1 aromatic rings. The van der Waals surface area contributed by atoms with Crippen LogP contribution in [0.4, 0.5) is 5.69 Å². The third-order valence-electron chi connectivity index (χ3n) is 9.69. The molecule has 0 amide bonds. The first kappa shape index (κ1) is 23.4. The number of benzene rings is 1. The fraction of sp³-hybridized carbons (Fsp3) is 0.581. The molecule has 0 N–H and O–H groups in total. The molecule has 4 aliphatic carbocycles. The molecule has 3 heteroatoms. The predicted octanol–water partition coefficient (Wildman–Crippen LogP) is 6.45. The summed E-state index contributed by atoms with van der Waals surface area (Å²) in [6, 6.07) is 9.20. The van der Waals surface area contributed by atoms with Crippen LogP contribution >= 0.6 is 0 Å². The van der Waals surface area contributed by atoms with Crippen molar-refractivity contribution in [1.82, 2.24) is 0 Å². The van der Waals surface area contributed by atoms with Crippen LogP contribution in [0.1, 0.15) is 76.7 Å². The van der Waals surface area contributed by atoms with E-state index in [1.807, 2.05) is 20.1 Å². The van der Waals surface area contributed by atoms with Gasteiger partial charge in [0, 0.05) is 44.6 Å². The van der Waals surface area contributed by atoms with Gasteiger partial charge >= 0.3 is 0 Å². The highest BCUT2D eigenvalue weighted by Crippen LogP contribution is 2.68. The van der Waals surface area contributed by atoms with Gasteiger partial charge in [-0.25, -0.2) is 0 Å². The van der Waals surface area contributed by atoms with E-state index in [1.165, 1.54) is 28.8 Å². The van der Waals surface area contributed by atoms with Crippen LogP contribution in [0.3, 0.4) is 0 Å². The number of ether oxygens (including phenoxy) is 1. The largest absolute Gasteiger partial charge is 0.378 e. The van der Waals surface area contributed by atoms with Gasteiger partial charge in [0.2, 0.25) is 0 Å². The molecule has 2 saturated carbocycles. The van der Waals surface area contributed by atoms with Gasteiger partial charge in [0.15, 0.2) is 5.78 Å². The van der Waals surface area contributed by atoms with Gasteiger partial charge in [0.25, 0.3) is 0 Å². The summed E-state index contributed by atoms with van der Waals surface area (Å²) < 4.78 is 6.39. The Kier molecular flexibility index (Phi) is 6.01. The first-order valence-electron chi connectivity index (χ1n) is 13.1. The standard InChI is InChI=1S/C31H39NO2/c1-6-17-31(34-5)18-16-28-26-14-10-22-19-24(33)13-15-25(22)29(26)27(20-30(28,31)7-2)21-8-11-23(12-9-21)32(3)4/h8-9,11-12,19,26-28H,7,10,13-16,18,20H2,1-5H3/t26-,27+,28-,30-,31-/m0/s1. The predicted molar refractivity (Wildman–Crippen MR) is 139 cm³/mol. The lowest BCUT2D eigenvalue weighted by Crippen LogP contribution is -2.53. The van der Waals surface area contributed by atoms with Crippen molar-refractivity contribution in [3.8, 4) is 11.8 Å². The van der Waals surface area contributed by atoms with Crippen molar-refractivity contribution in [3.63, 3.8) is 0 Å². The Bertz CT molecular complexity index is 1100. The molecule has 34 heavy (non-hydrogen) atoms. The summed E-state index contributed by atoms with van der Waals surface area (Å²) >= 11 is 0. The summed E-state index contributed by atoms with van der Waals surface area (Å²) in [6.45, 7) is 4.32. The average molecular weight is 458 g/mol. The molecule has 5 rings (SSSR count).